The molecule has 2 nitrogen and oxygen atoms in total. The molecule has 112 valence electrons. The third kappa shape index (κ3) is 4.37. The van der Waals surface area contributed by atoms with Gasteiger partial charge in [0.05, 0.1) is 6.61 Å². The summed E-state index contributed by atoms with van der Waals surface area (Å²) in [5.41, 5.74) is 0.0188. The minimum absolute atomic E-state index is 0.0188. The third-order valence-electron chi connectivity index (χ3n) is 4.93. The molecule has 0 aromatic carbocycles. The zero-order valence-electron chi connectivity index (χ0n) is 12.7. The minimum Gasteiger partial charge on any atom is -0.394 e. The first-order valence-electron chi connectivity index (χ1n) is 8.19. The van der Waals surface area contributed by atoms with Crippen LogP contribution in [0.15, 0.2) is 0 Å². The van der Waals surface area contributed by atoms with E-state index in [1.54, 1.807) is 0 Å². The number of likely N-dealkylation sites (N-methyl/N-ethyl adjacent to an activating group) is 1. The van der Waals surface area contributed by atoms with Crippen LogP contribution < -0.4 is 5.32 Å². The van der Waals surface area contributed by atoms with Gasteiger partial charge in [0.1, 0.15) is 0 Å². The molecule has 4 unspecified atom stereocenters. The average molecular weight is 285 g/mol. The minimum atomic E-state index is 0.0188. The molecule has 2 aliphatic carbocycles. The molecule has 0 aromatic rings. The van der Waals surface area contributed by atoms with Crippen molar-refractivity contribution >= 4 is 11.8 Å². The van der Waals surface area contributed by atoms with E-state index in [4.69, 9.17) is 0 Å². The van der Waals surface area contributed by atoms with Crippen LogP contribution in [0.3, 0.4) is 0 Å². The van der Waals surface area contributed by atoms with Crippen molar-refractivity contribution in [2.75, 3.05) is 13.2 Å². The second-order valence-electron chi connectivity index (χ2n) is 6.72. The fourth-order valence-electron chi connectivity index (χ4n) is 3.93. The van der Waals surface area contributed by atoms with E-state index in [-0.39, 0.29) is 5.54 Å². The van der Waals surface area contributed by atoms with Crippen molar-refractivity contribution in [3.05, 3.63) is 0 Å². The van der Waals surface area contributed by atoms with Gasteiger partial charge >= 0.3 is 0 Å². The first-order chi connectivity index (χ1) is 9.17. The molecule has 2 fully saturated rings. The predicted molar refractivity (Wildman–Crippen MR) is 84.8 cm³/mol. The van der Waals surface area contributed by atoms with Crippen molar-refractivity contribution in [1.82, 2.24) is 5.32 Å². The van der Waals surface area contributed by atoms with Crippen molar-refractivity contribution in [2.45, 2.75) is 81.3 Å². The molecule has 19 heavy (non-hydrogen) atoms. The van der Waals surface area contributed by atoms with Crippen LogP contribution in [-0.4, -0.2) is 34.3 Å². The Morgan fingerprint density at radius 2 is 2.00 bits per heavy atom. The molecule has 0 bridgehead atoms. The molecule has 3 heteroatoms. The van der Waals surface area contributed by atoms with Crippen LogP contribution in [0.5, 0.6) is 0 Å². The van der Waals surface area contributed by atoms with Crippen molar-refractivity contribution < 1.29 is 5.11 Å². The van der Waals surface area contributed by atoms with Crippen LogP contribution in [0.2, 0.25) is 0 Å². The lowest BCUT2D eigenvalue weighted by Crippen LogP contribution is -2.52. The molecule has 2 saturated carbocycles. The summed E-state index contributed by atoms with van der Waals surface area (Å²) in [5, 5.41) is 15.0. The number of aliphatic hydroxyl groups is 1. The first kappa shape index (κ1) is 15.7. The lowest BCUT2D eigenvalue weighted by Gasteiger charge is -2.41. The number of nitrogens with one attached hydrogen (secondary N) is 1. The van der Waals surface area contributed by atoms with E-state index in [0.717, 1.165) is 35.8 Å². The van der Waals surface area contributed by atoms with Crippen molar-refractivity contribution in [2.24, 2.45) is 5.92 Å². The zero-order valence-corrected chi connectivity index (χ0v) is 13.5. The average Bonchev–Trinajstić information content (AvgIpc) is 2.39. The summed E-state index contributed by atoms with van der Waals surface area (Å²) < 4.78 is 0. The van der Waals surface area contributed by atoms with E-state index in [9.17, 15) is 5.11 Å². The van der Waals surface area contributed by atoms with Crippen molar-refractivity contribution in [3.8, 4) is 0 Å². The largest absolute Gasteiger partial charge is 0.394 e. The zero-order chi connectivity index (χ0) is 13.7. The van der Waals surface area contributed by atoms with Gasteiger partial charge < -0.3 is 10.4 Å². The van der Waals surface area contributed by atoms with Crippen LogP contribution >= 0.6 is 11.8 Å². The van der Waals surface area contributed by atoms with E-state index in [1.165, 1.54) is 38.5 Å². The molecule has 0 spiro atoms. The highest BCUT2D eigenvalue weighted by molar-refractivity contribution is 8.00. The molecular formula is C16H31NOS. The predicted octanol–water partition coefficient (Wildman–Crippen LogP) is 3.58. The summed E-state index contributed by atoms with van der Waals surface area (Å²) in [5.74, 6) is 0.922. The SMILES string of the molecule is CCNC1(CO)CCCC(SC2CCCC(C)C2)C1. The summed E-state index contributed by atoms with van der Waals surface area (Å²) in [6, 6.07) is 0. The second-order valence-corrected chi connectivity index (χ2v) is 8.32. The fraction of sp³-hybridized carbons (Fsp3) is 1.00. The van der Waals surface area contributed by atoms with Gasteiger partial charge in [0.25, 0.3) is 0 Å². The molecule has 4 atom stereocenters. The highest BCUT2D eigenvalue weighted by atomic mass is 32.2. The van der Waals surface area contributed by atoms with Gasteiger partial charge in [-0.2, -0.15) is 11.8 Å². The summed E-state index contributed by atoms with van der Waals surface area (Å²) in [7, 11) is 0. The lowest BCUT2D eigenvalue weighted by atomic mass is 9.82. The summed E-state index contributed by atoms with van der Waals surface area (Å²) in [6.07, 6.45) is 10.6. The number of rotatable bonds is 5. The van der Waals surface area contributed by atoms with Gasteiger partial charge in [0.2, 0.25) is 0 Å². The van der Waals surface area contributed by atoms with Crippen LogP contribution in [-0.2, 0) is 0 Å². The van der Waals surface area contributed by atoms with Crippen LogP contribution in [0.4, 0.5) is 0 Å². The number of aliphatic hydroxyl groups excluding tert-OH is 1. The molecule has 0 radical (unpaired) electrons. The first-order valence-corrected chi connectivity index (χ1v) is 9.13. The molecule has 0 amide bonds. The van der Waals surface area contributed by atoms with Gasteiger partial charge in [-0.3, -0.25) is 0 Å². The molecular weight excluding hydrogens is 254 g/mol. The van der Waals surface area contributed by atoms with E-state index >= 15 is 0 Å². The van der Waals surface area contributed by atoms with Crippen molar-refractivity contribution in [3.63, 3.8) is 0 Å². The summed E-state index contributed by atoms with van der Waals surface area (Å²) in [4.78, 5) is 0. The Bertz CT molecular complexity index is 269. The van der Waals surface area contributed by atoms with Gasteiger partial charge in [-0.15, -0.1) is 0 Å². The normalized spacial score (nSPS) is 40.3. The van der Waals surface area contributed by atoms with Gasteiger partial charge in [0.15, 0.2) is 0 Å². The molecule has 0 aromatic heterocycles. The second kappa shape index (κ2) is 7.33. The maximum absolute atomic E-state index is 9.77. The molecule has 0 saturated heterocycles. The summed E-state index contributed by atoms with van der Waals surface area (Å²) in [6.45, 7) is 5.83. The Kier molecular flexibility index (Phi) is 6.04. The Balaban J connectivity index is 1.86. The molecule has 2 N–H and O–H groups in total. The number of hydrogen-bond acceptors (Lipinski definition) is 3. The lowest BCUT2D eigenvalue weighted by molar-refractivity contribution is 0.125. The van der Waals surface area contributed by atoms with Crippen LogP contribution in [0, 0.1) is 5.92 Å². The van der Waals surface area contributed by atoms with Crippen LogP contribution in [0.25, 0.3) is 0 Å². The van der Waals surface area contributed by atoms with Crippen LogP contribution in [0.1, 0.15) is 65.2 Å². The Hall–Kier alpha value is 0.270. The molecule has 2 aliphatic rings. The van der Waals surface area contributed by atoms with E-state index in [1.807, 2.05) is 0 Å². The summed E-state index contributed by atoms with van der Waals surface area (Å²) >= 11 is 2.24. The van der Waals surface area contributed by atoms with E-state index in [0.29, 0.717) is 6.61 Å². The number of hydrogen-bond donors (Lipinski definition) is 2. The maximum Gasteiger partial charge on any atom is 0.0613 e. The quantitative estimate of drug-likeness (QED) is 0.810. The maximum atomic E-state index is 9.77. The Morgan fingerprint density at radius 3 is 2.68 bits per heavy atom. The van der Waals surface area contributed by atoms with Gasteiger partial charge in [-0.05, 0) is 44.6 Å². The highest BCUT2D eigenvalue weighted by Crippen LogP contribution is 2.41. The van der Waals surface area contributed by atoms with E-state index < -0.39 is 0 Å². The molecule has 2 rings (SSSR count). The smallest absolute Gasteiger partial charge is 0.0613 e. The van der Waals surface area contributed by atoms with Gasteiger partial charge in [0, 0.05) is 16.0 Å². The topological polar surface area (TPSA) is 32.3 Å². The van der Waals surface area contributed by atoms with Gasteiger partial charge in [-0.25, -0.2) is 0 Å². The standard InChI is InChI=1S/C16H31NOS/c1-3-17-16(12-18)9-5-8-15(11-16)19-14-7-4-6-13(2)10-14/h13-15,17-18H,3-12H2,1-2H3. The monoisotopic (exact) mass is 285 g/mol. The highest BCUT2D eigenvalue weighted by Gasteiger charge is 2.36. The molecule has 0 heterocycles. The third-order valence-corrected chi connectivity index (χ3v) is 6.53. The van der Waals surface area contributed by atoms with Gasteiger partial charge in [-0.1, -0.05) is 33.1 Å². The Labute approximate surface area is 123 Å². The number of thioether (sulfide) groups is 1. The fourth-order valence-corrected chi connectivity index (χ4v) is 5.94. The van der Waals surface area contributed by atoms with Crippen molar-refractivity contribution in [1.29, 1.82) is 0 Å². The van der Waals surface area contributed by atoms with E-state index in [2.05, 4.69) is 30.9 Å². The molecule has 0 aliphatic heterocycles. The Morgan fingerprint density at radius 1 is 1.21 bits per heavy atom.